The fourth-order valence-electron chi connectivity index (χ4n) is 0.903. The van der Waals surface area contributed by atoms with E-state index in [1.165, 1.54) is 0 Å². The van der Waals surface area contributed by atoms with Crippen molar-refractivity contribution in [2.75, 3.05) is 7.11 Å². The molecule has 0 aliphatic carbocycles. The third-order valence-electron chi connectivity index (χ3n) is 1.60. The van der Waals surface area contributed by atoms with Crippen molar-refractivity contribution in [3.63, 3.8) is 0 Å². The number of aromatic nitrogens is 1. The van der Waals surface area contributed by atoms with E-state index in [4.69, 9.17) is 0 Å². The number of hydrogen-bond acceptors (Lipinski definition) is 4. The second-order valence-electron chi connectivity index (χ2n) is 2.53. The third kappa shape index (κ3) is 2.41. The topological polar surface area (TPSA) is 59.4 Å². The maximum atomic E-state index is 12.3. The van der Waals surface area contributed by atoms with Gasteiger partial charge in [-0.3, -0.25) is 0 Å². The molecular weight excluding hydrogens is 276 g/mol. The van der Waals surface area contributed by atoms with Crippen LogP contribution in [0.25, 0.3) is 0 Å². The zero-order valence-corrected chi connectivity index (χ0v) is 9.09. The molecule has 0 fully saturated rings. The number of hydrogen-bond donors (Lipinski definition) is 1. The van der Waals surface area contributed by atoms with Gasteiger partial charge in [-0.2, -0.15) is 0 Å². The highest BCUT2D eigenvalue weighted by Crippen LogP contribution is 2.30. The molecule has 1 rings (SSSR count). The summed E-state index contributed by atoms with van der Waals surface area (Å²) in [6.45, 7) is 0. The van der Waals surface area contributed by atoms with Crippen LogP contribution in [0.2, 0.25) is 0 Å². The van der Waals surface area contributed by atoms with E-state index < -0.39 is 23.8 Å². The van der Waals surface area contributed by atoms with Gasteiger partial charge >= 0.3 is 5.97 Å². The van der Waals surface area contributed by atoms with Crippen molar-refractivity contribution < 1.29 is 23.4 Å². The lowest BCUT2D eigenvalue weighted by Crippen LogP contribution is -2.05. The number of nitrogens with zero attached hydrogens (tertiary/aromatic N) is 1. The number of halogens is 3. The number of pyridine rings is 1. The fourth-order valence-corrected chi connectivity index (χ4v) is 1.32. The standard InChI is InChI=1S/C8H6BrF2NO3/c1-15-8(14)3-2-4(7(10)11)12-6(9)5(3)13/h2,7,13H,1H3. The van der Waals surface area contributed by atoms with Crippen LogP contribution in [-0.4, -0.2) is 23.2 Å². The lowest BCUT2D eigenvalue weighted by atomic mass is 10.2. The Labute approximate surface area is 92.0 Å². The Morgan fingerprint density at radius 3 is 2.73 bits per heavy atom. The highest BCUT2D eigenvalue weighted by Gasteiger charge is 2.20. The molecule has 0 saturated carbocycles. The normalized spacial score (nSPS) is 10.5. The van der Waals surface area contributed by atoms with Crippen LogP contribution in [0.15, 0.2) is 10.7 Å². The second-order valence-corrected chi connectivity index (χ2v) is 3.28. The number of alkyl halides is 2. The highest BCUT2D eigenvalue weighted by molar-refractivity contribution is 9.10. The predicted molar refractivity (Wildman–Crippen MR) is 49.9 cm³/mol. The molecular formula is C8H6BrF2NO3. The van der Waals surface area contributed by atoms with Gasteiger partial charge in [0.2, 0.25) is 0 Å². The fraction of sp³-hybridized carbons (Fsp3) is 0.250. The van der Waals surface area contributed by atoms with Crippen LogP contribution in [0.3, 0.4) is 0 Å². The Morgan fingerprint density at radius 2 is 2.27 bits per heavy atom. The minimum atomic E-state index is -2.83. The number of carbonyl (C=O) groups is 1. The van der Waals surface area contributed by atoms with Gasteiger partial charge in [-0.15, -0.1) is 0 Å². The Balaban J connectivity index is 3.31. The van der Waals surface area contributed by atoms with Crippen molar-refractivity contribution in [1.29, 1.82) is 0 Å². The van der Waals surface area contributed by atoms with Crippen LogP contribution in [0, 0.1) is 0 Å². The Morgan fingerprint density at radius 1 is 1.67 bits per heavy atom. The van der Waals surface area contributed by atoms with Gasteiger partial charge in [-0.1, -0.05) is 0 Å². The van der Waals surface area contributed by atoms with Crippen molar-refractivity contribution in [2.24, 2.45) is 0 Å². The average molecular weight is 282 g/mol. The maximum Gasteiger partial charge on any atom is 0.341 e. The van der Waals surface area contributed by atoms with Crippen molar-refractivity contribution in [3.8, 4) is 5.75 Å². The van der Waals surface area contributed by atoms with E-state index in [1.54, 1.807) is 0 Å². The molecule has 0 radical (unpaired) electrons. The van der Waals surface area contributed by atoms with Crippen LogP contribution in [0.4, 0.5) is 8.78 Å². The van der Waals surface area contributed by atoms with Gasteiger partial charge in [0.1, 0.15) is 15.9 Å². The number of ether oxygens (including phenoxy) is 1. The highest BCUT2D eigenvalue weighted by atomic mass is 79.9. The molecule has 15 heavy (non-hydrogen) atoms. The summed E-state index contributed by atoms with van der Waals surface area (Å²) in [6, 6.07) is 0.788. The summed E-state index contributed by atoms with van der Waals surface area (Å²) in [5.74, 6) is -1.43. The Hall–Kier alpha value is -1.24. The van der Waals surface area contributed by atoms with Crippen molar-refractivity contribution in [2.45, 2.75) is 6.43 Å². The van der Waals surface area contributed by atoms with E-state index in [2.05, 4.69) is 25.7 Å². The summed E-state index contributed by atoms with van der Waals surface area (Å²) in [4.78, 5) is 14.4. The molecule has 1 aromatic rings. The van der Waals surface area contributed by atoms with Crippen molar-refractivity contribution in [3.05, 3.63) is 21.9 Å². The molecule has 0 unspecified atom stereocenters. The molecule has 0 atom stereocenters. The molecule has 0 spiro atoms. The number of aromatic hydroxyl groups is 1. The van der Waals surface area contributed by atoms with Crippen LogP contribution < -0.4 is 0 Å². The molecule has 0 bridgehead atoms. The van der Waals surface area contributed by atoms with E-state index in [-0.39, 0.29) is 10.2 Å². The van der Waals surface area contributed by atoms with Gasteiger partial charge < -0.3 is 9.84 Å². The number of rotatable bonds is 2. The van der Waals surface area contributed by atoms with E-state index >= 15 is 0 Å². The summed E-state index contributed by atoms with van der Waals surface area (Å²) in [5, 5.41) is 9.35. The SMILES string of the molecule is COC(=O)c1cc(C(F)F)nc(Br)c1O. The minimum Gasteiger partial charge on any atom is -0.504 e. The molecule has 1 N–H and O–H groups in total. The van der Waals surface area contributed by atoms with Crippen LogP contribution in [0.5, 0.6) is 5.75 Å². The first-order valence-electron chi connectivity index (χ1n) is 3.73. The smallest absolute Gasteiger partial charge is 0.341 e. The van der Waals surface area contributed by atoms with E-state index in [1.807, 2.05) is 0 Å². The largest absolute Gasteiger partial charge is 0.504 e. The zero-order chi connectivity index (χ0) is 11.6. The van der Waals surface area contributed by atoms with Gasteiger partial charge in [0.15, 0.2) is 5.75 Å². The molecule has 1 heterocycles. The summed E-state index contributed by atoms with van der Waals surface area (Å²) in [7, 11) is 1.08. The van der Waals surface area contributed by atoms with Gasteiger partial charge in [0.25, 0.3) is 6.43 Å². The second kappa shape index (κ2) is 4.52. The predicted octanol–water partition coefficient (Wildman–Crippen LogP) is 2.27. The Bertz CT molecular complexity index is 398. The van der Waals surface area contributed by atoms with Gasteiger partial charge in [0, 0.05) is 0 Å². The van der Waals surface area contributed by atoms with E-state index in [9.17, 15) is 18.7 Å². The van der Waals surface area contributed by atoms with Crippen LogP contribution in [0.1, 0.15) is 22.5 Å². The maximum absolute atomic E-state index is 12.3. The summed E-state index contributed by atoms with van der Waals surface area (Å²) < 4.78 is 28.7. The molecule has 0 aromatic carbocycles. The lowest BCUT2D eigenvalue weighted by molar-refractivity contribution is 0.0596. The van der Waals surface area contributed by atoms with Crippen LogP contribution >= 0.6 is 15.9 Å². The molecule has 0 aliphatic rings. The molecule has 7 heteroatoms. The average Bonchev–Trinajstić information content (AvgIpc) is 2.20. The first kappa shape index (κ1) is 11.8. The third-order valence-corrected chi connectivity index (χ3v) is 2.15. The molecule has 82 valence electrons. The van der Waals surface area contributed by atoms with Crippen molar-refractivity contribution >= 4 is 21.9 Å². The van der Waals surface area contributed by atoms with Gasteiger partial charge in [0.05, 0.1) is 7.11 Å². The first-order valence-corrected chi connectivity index (χ1v) is 4.52. The van der Waals surface area contributed by atoms with Crippen molar-refractivity contribution in [1.82, 2.24) is 4.98 Å². The summed E-state index contributed by atoms with van der Waals surface area (Å²) in [6.07, 6.45) is -2.83. The monoisotopic (exact) mass is 281 g/mol. The molecule has 0 saturated heterocycles. The molecule has 4 nitrogen and oxygen atoms in total. The first-order chi connectivity index (χ1) is 6.97. The zero-order valence-electron chi connectivity index (χ0n) is 7.50. The number of carbonyl (C=O) groups excluding carboxylic acids is 1. The summed E-state index contributed by atoms with van der Waals surface area (Å²) in [5.41, 5.74) is -0.963. The lowest BCUT2D eigenvalue weighted by Gasteiger charge is -2.06. The van der Waals surface area contributed by atoms with Gasteiger partial charge in [-0.25, -0.2) is 18.6 Å². The van der Waals surface area contributed by atoms with E-state index in [0.29, 0.717) is 0 Å². The molecule has 0 amide bonds. The minimum absolute atomic E-state index is 0.222. The number of esters is 1. The van der Waals surface area contributed by atoms with E-state index in [0.717, 1.165) is 13.2 Å². The number of methoxy groups -OCH3 is 1. The molecule has 1 aromatic heterocycles. The van der Waals surface area contributed by atoms with Gasteiger partial charge in [-0.05, 0) is 22.0 Å². The molecule has 0 aliphatic heterocycles. The van der Waals surface area contributed by atoms with Crippen LogP contribution in [-0.2, 0) is 4.74 Å². The summed E-state index contributed by atoms with van der Waals surface area (Å²) >= 11 is 2.76. The quantitative estimate of drug-likeness (QED) is 0.667. The Kier molecular flexibility index (Phi) is 3.57.